The molecule has 0 amide bonds. The summed E-state index contributed by atoms with van der Waals surface area (Å²) in [7, 11) is 1.98. The zero-order valence-corrected chi connectivity index (χ0v) is 16.8. The minimum Gasteiger partial charge on any atom is -0.491 e. The van der Waals surface area contributed by atoms with Crippen LogP contribution in [0.3, 0.4) is 0 Å². The van der Waals surface area contributed by atoms with E-state index >= 15 is 0 Å². The standard InChI is InChI=1S/C20H25ClF3N3O/c1-3-4-7-27(2)11-15-10-25-26-18(15)14-8-16(20(22,23)24)19(17(21)9-14)28-12-13-5-6-13/h8-10,13H,3-7,11-12H2,1-2H3,(H,25,26). The van der Waals surface area contributed by atoms with E-state index in [9.17, 15) is 13.2 Å². The highest BCUT2D eigenvalue weighted by molar-refractivity contribution is 6.32. The van der Waals surface area contributed by atoms with Gasteiger partial charge in [-0.2, -0.15) is 18.3 Å². The van der Waals surface area contributed by atoms with Crippen LogP contribution in [0, 0.1) is 5.92 Å². The monoisotopic (exact) mass is 415 g/mol. The molecule has 0 radical (unpaired) electrons. The molecule has 1 aromatic heterocycles. The van der Waals surface area contributed by atoms with Crippen molar-refractivity contribution in [2.24, 2.45) is 5.92 Å². The van der Waals surface area contributed by atoms with Crippen molar-refractivity contribution in [2.75, 3.05) is 20.2 Å². The van der Waals surface area contributed by atoms with Gasteiger partial charge < -0.3 is 9.64 Å². The van der Waals surface area contributed by atoms with Crippen LogP contribution < -0.4 is 4.74 Å². The predicted octanol–water partition coefficient (Wildman–Crippen LogP) is 5.77. The van der Waals surface area contributed by atoms with Crippen LogP contribution in [0.15, 0.2) is 18.3 Å². The Kier molecular flexibility index (Phi) is 6.55. The van der Waals surface area contributed by atoms with E-state index in [4.69, 9.17) is 16.3 Å². The summed E-state index contributed by atoms with van der Waals surface area (Å²) in [6, 6.07) is 2.61. The molecule has 0 unspecified atom stereocenters. The number of halogens is 4. The Labute approximate surface area is 168 Å². The third kappa shape index (κ3) is 5.20. The molecular formula is C20H25ClF3N3O. The normalized spacial score (nSPS) is 14.7. The van der Waals surface area contributed by atoms with E-state index in [1.54, 1.807) is 6.20 Å². The Morgan fingerprint density at radius 3 is 2.71 bits per heavy atom. The Morgan fingerprint density at radius 1 is 1.32 bits per heavy atom. The number of hydrogen-bond acceptors (Lipinski definition) is 3. The summed E-state index contributed by atoms with van der Waals surface area (Å²) in [4.78, 5) is 2.12. The molecular weight excluding hydrogens is 391 g/mol. The fourth-order valence-corrected chi connectivity index (χ4v) is 3.33. The average Bonchev–Trinajstić information content (AvgIpc) is 3.34. The molecule has 1 aliphatic rings. The van der Waals surface area contributed by atoms with Gasteiger partial charge >= 0.3 is 6.18 Å². The molecule has 1 aromatic carbocycles. The van der Waals surface area contributed by atoms with E-state index in [1.807, 2.05) is 7.05 Å². The zero-order chi connectivity index (χ0) is 20.3. The minimum absolute atomic E-state index is 0.0367. The molecule has 1 fully saturated rings. The zero-order valence-electron chi connectivity index (χ0n) is 16.1. The summed E-state index contributed by atoms with van der Waals surface area (Å²) < 4.78 is 46.4. The maximum Gasteiger partial charge on any atom is 0.420 e. The van der Waals surface area contributed by atoms with Gasteiger partial charge in [0.25, 0.3) is 0 Å². The molecule has 1 N–H and O–H groups in total. The largest absolute Gasteiger partial charge is 0.491 e. The number of benzene rings is 1. The number of nitrogens with zero attached hydrogens (tertiary/aromatic N) is 2. The van der Waals surface area contributed by atoms with Gasteiger partial charge in [0.1, 0.15) is 5.75 Å². The summed E-state index contributed by atoms with van der Waals surface area (Å²) in [5.74, 6) is 0.0423. The Bertz CT molecular complexity index is 802. The number of unbranched alkanes of at least 4 members (excludes halogenated alkanes) is 1. The Balaban J connectivity index is 1.90. The highest BCUT2D eigenvalue weighted by atomic mass is 35.5. The first-order valence-electron chi connectivity index (χ1n) is 9.54. The molecule has 1 saturated carbocycles. The van der Waals surface area contributed by atoms with E-state index < -0.39 is 11.7 Å². The number of nitrogens with one attached hydrogen (secondary N) is 1. The van der Waals surface area contributed by atoms with Gasteiger partial charge in [-0.15, -0.1) is 0 Å². The van der Waals surface area contributed by atoms with Crippen LogP contribution >= 0.6 is 11.6 Å². The van der Waals surface area contributed by atoms with Gasteiger partial charge in [0.05, 0.1) is 29.1 Å². The number of rotatable bonds is 9. The number of aromatic nitrogens is 2. The highest BCUT2D eigenvalue weighted by Gasteiger charge is 2.37. The molecule has 3 rings (SSSR count). The second kappa shape index (κ2) is 8.74. The van der Waals surface area contributed by atoms with Crippen molar-refractivity contribution in [1.29, 1.82) is 0 Å². The summed E-state index contributed by atoms with van der Waals surface area (Å²) in [6.45, 7) is 3.87. The highest BCUT2D eigenvalue weighted by Crippen LogP contribution is 2.44. The van der Waals surface area contributed by atoms with Crippen molar-refractivity contribution in [2.45, 2.75) is 45.3 Å². The van der Waals surface area contributed by atoms with E-state index in [0.717, 1.165) is 43.9 Å². The van der Waals surface area contributed by atoms with Crippen LogP contribution in [0.1, 0.15) is 43.7 Å². The molecule has 4 nitrogen and oxygen atoms in total. The van der Waals surface area contributed by atoms with Gasteiger partial charge in [-0.1, -0.05) is 24.9 Å². The number of hydrogen-bond donors (Lipinski definition) is 1. The van der Waals surface area contributed by atoms with Crippen LogP contribution in [0.5, 0.6) is 5.75 Å². The second-order valence-electron chi connectivity index (χ2n) is 7.45. The van der Waals surface area contributed by atoms with Crippen LogP contribution in [0.25, 0.3) is 11.3 Å². The summed E-state index contributed by atoms with van der Waals surface area (Å²) in [6.07, 6.45) is 1.20. The molecule has 0 saturated heterocycles. The Hall–Kier alpha value is -1.73. The molecule has 8 heteroatoms. The van der Waals surface area contributed by atoms with Crippen molar-refractivity contribution in [3.8, 4) is 17.0 Å². The lowest BCUT2D eigenvalue weighted by Gasteiger charge is -2.18. The Morgan fingerprint density at radius 2 is 2.07 bits per heavy atom. The maximum atomic E-state index is 13.7. The quantitative estimate of drug-likeness (QED) is 0.565. The summed E-state index contributed by atoms with van der Waals surface area (Å²) in [5.41, 5.74) is 0.877. The smallest absolute Gasteiger partial charge is 0.420 e. The molecule has 1 heterocycles. The summed E-state index contributed by atoms with van der Waals surface area (Å²) in [5, 5.41) is 6.83. The first-order chi connectivity index (χ1) is 13.3. The van der Waals surface area contributed by atoms with E-state index in [1.165, 1.54) is 6.07 Å². The minimum atomic E-state index is -4.56. The third-order valence-corrected chi connectivity index (χ3v) is 5.13. The number of aromatic amines is 1. The molecule has 1 aliphatic carbocycles. The fraction of sp³-hybridized carbons (Fsp3) is 0.550. The lowest BCUT2D eigenvalue weighted by atomic mass is 10.0. The molecule has 2 aromatic rings. The van der Waals surface area contributed by atoms with Gasteiger partial charge in [0, 0.05) is 17.7 Å². The average molecular weight is 416 g/mol. The molecule has 0 atom stereocenters. The third-order valence-electron chi connectivity index (χ3n) is 4.85. The lowest BCUT2D eigenvalue weighted by Crippen LogP contribution is -2.19. The molecule has 154 valence electrons. The van der Waals surface area contributed by atoms with Crippen LogP contribution in [0.2, 0.25) is 5.02 Å². The van der Waals surface area contributed by atoms with Crippen LogP contribution in [0.4, 0.5) is 13.2 Å². The fourth-order valence-electron chi connectivity index (χ4n) is 3.06. The van der Waals surface area contributed by atoms with E-state index in [0.29, 0.717) is 23.7 Å². The molecule has 28 heavy (non-hydrogen) atoms. The van der Waals surface area contributed by atoms with Gasteiger partial charge in [-0.05, 0) is 50.9 Å². The van der Waals surface area contributed by atoms with Crippen molar-refractivity contribution in [3.05, 3.63) is 34.5 Å². The van der Waals surface area contributed by atoms with Crippen molar-refractivity contribution >= 4 is 11.6 Å². The molecule has 0 bridgehead atoms. The lowest BCUT2D eigenvalue weighted by molar-refractivity contribution is -0.138. The van der Waals surface area contributed by atoms with Gasteiger partial charge in [0.2, 0.25) is 0 Å². The SMILES string of the molecule is CCCCN(C)Cc1cn[nH]c1-c1cc(Cl)c(OCC2CC2)c(C(F)(F)F)c1. The van der Waals surface area contributed by atoms with E-state index in [-0.39, 0.29) is 17.4 Å². The van der Waals surface area contributed by atoms with E-state index in [2.05, 4.69) is 22.0 Å². The van der Waals surface area contributed by atoms with Crippen molar-refractivity contribution in [3.63, 3.8) is 0 Å². The van der Waals surface area contributed by atoms with Crippen molar-refractivity contribution in [1.82, 2.24) is 15.1 Å². The van der Waals surface area contributed by atoms with Gasteiger partial charge in [-0.25, -0.2) is 0 Å². The second-order valence-corrected chi connectivity index (χ2v) is 7.86. The first-order valence-corrected chi connectivity index (χ1v) is 9.92. The maximum absolute atomic E-state index is 13.7. The van der Waals surface area contributed by atoms with Gasteiger partial charge in [-0.3, -0.25) is 5.10 Å². The van der Waals surface area contributed by atoms with Gasteiger partial charge in [0.15, 0.2) is 0 Å². The summed E-state index contributed by atoms with van der Waals surface area (Å²) >= 11 is 6.22. The molecule has 0 spiro atoms. The van der Waals surface area contributed by atoms with Crippen LogP contribution in [-0.2, 0) is 12.7 Å². The number of alkyl halides is 3. The number of ether oxygens (including phenoxy) is 1. The number of H-pyrrole nitrogens is 1. The van der Waals surface area contributed by atoms with Crippen LogP contribution in [-0.4, -0.2) is 35.3 Å². The first kappa shape index (κ1) is 21.0. The van der Waals surface area contributed by atoms with Crippen molar-refractivity contribution < 1.29 is 17.9 Å². The molecule has 0 aliphatic heterocycles. The predicted molar refractivity (Wildman–Crippen MR) is 103 cm³/mol. The topological polar surface area (TPSA) is 41.2 Å².